The summed E-state index contributed by atoms with van der Waals surface area (Å²) in [6, 6.07) is 3.14. The van der Waals surface area contributed by atoms with Crippen molar-refractivity contribution in [2.75, 3.05) is 13.1 Å². The number of aliphatic carboxylic acids is 1. The number of nitrogens with zero attached hydrogens (tertiary/aromatic N) is 1. The molecule has 0 bridgehead atoms. The molecule has 27 heavy (non-hydrogen) atoms. The lowest BCUT2D eigenvalue weighted by Gasteiger charge is -2.32. The molecule has 0 saturated carbocycles. The third kappa shape index (κ3) is 4.27. The molecule has 3 rings (SSSR count). The zero-order valence-electron chi connectivity index (χ0n) is 14.7. The molecular formula is C19H19F2NO5. The van der Waals surface area contributed by atoms with Crippen LogP contribution in [0.3, 0.4) is 0 Å². The summed E-state index contributed by atoms with van der Waals surface area (Å²) in [5.41, 5.74) is 0.865. The number of likely N-dealkylation sites (tertiary alicyclic amines) is 1. The third-order valence-corrected chi connectivity index (χ3v) is 4.49. The summed E-state index contributed by atoms with van der Waals surface area (Å²) in [4.78, 5) is 25.3. The van der Waals surface area contributed by atoms with Gasteiger partial charge in [-0.25, -0.2) is 8.78 Å². The number of hydrogen-bond donors (Lipinski definition) is 1. The maximum absolute atomic E-state index is 13.7. The van der Waals surface area contributed by atoms with E-state index in [2.05, 4.69) is 0 Å². The van der Waals surface area contributed by atoms with Crippen molar-refractivity contribution in [3.63, 3.8) is 0 Å². The van der Waals surface area contributed by atoms with Crippen LogP contribution >= 0.6 is 0 Å². The average molecular weight is 379 g/mol. The van der Waals surface area contributed by atoms with Crippen molar-refractivity contribution in [1.82, 2.24) is 4.90 Å². The molecule has 1 N–H and O–H groups in total. The lowest BCUT2D eigenvalue weighted by atomic mass is 10.0. The molecular weight excluding hydrogens is 360 g/mol. The quantitative estimate of drug-likeness (QED) is 0.863. The molecule has 0 aliphatic carbocycles. The number of amides is 1. The molecule has 1 amide bonds. The summed E-state index contributed by atoms with van der Waals surface area (Å²) in [5, 5.41) is 8.95. The molecule has 0 spiro atoms. The molecule has 0 radical (unpaired) electrons. The number of aryl methyl sites for hydroxylation is 1. The van der Waals surface area contributed by atoms with Crippen LogP contribution in [0, 0.1) is 18.6 Å². The Hall–Kier alpha value is -2.90. The van der Waals surface area contributed by atoms with Crippen molar-refractivity contribution >= 4 is 11.9 Å². The Balaban J connectivity index is 1.63. The molecule has 2 aromatic rings. The second kappa shape index (κ2) is 7.77. The number of carbonyl (C=O) groups is 2. The van der Waals surface area contributed by atoms with Crippen LogP contribution in [-0.2, 0) is 11.2 Å². The Bertz CT molecular complexity index is 856. The highest BCUT2D eigenvalue weighted by atomic mass is 19.1. The molecule has 8 heteroatoms. The molecule has 144 valence electrons. The predicted octanol–water partition coefficient (Wildman–Crippen LogP) is 3.18. The SMILES string of the molecule is Cc1coc(CC(=O)O)c1C(=O)N1CCC(Oc2ccc(F)cc2F)CC1. The zero-order valence-corrected chi connectivity index (χ0v) is 14.7. The molecule has 1 aliphatic rings. The van der Waals surface area contributed by atoms with Crippen molar-refractivity contribution in [3.05, 3.63) is 53.0 Å². The van der Waals surface area contributed by atoms with Gasteiger partial charge in [0.05, 0.1) is 11.8 Å². The van der Waals surface area contributed by atoms with Gasteiger partial charge in [-0.05, 0) is 19.1 Å². The highest BCUT2D eigenvalue weighted by Gasteiger charge is 2.29. The first-order valence-corrected chi connectivity index (χ1v) is 8.55. The van der Waals surface area contributed by atoms with E-state index in [4.69, 9.17) is 14.3 Å². The number of halogens is 2. The van der Waals surface area contributed by atoms with Crippen LogP contribution in [-0.4, -0.2) is 41.1 Å². The molecule has 0 unspecified atom stereocenters. The standard InChI is InChI=1S/C19H19F2NO5/c1-11-10-26-16(9-17(23)24)18(11)19(25)22-6-4-13(5-7-22)27-15-3-2-12(20)8-14(15)21/h2-3,8,10,13H,4-7,9H2,1H3,(H,23,24). The van der Waals surface area contributed by atoms with E-state index in [0.29, 0.717) is 31.5 Å². The number of rotatable bonds is 5. The van der Waals surface area contributed by atoms with Crippen LogP contribution < -0.4 is 4.74 Å². The maximum atomic E-state index is 13.7. The van der Waals surface area contributed by atoms with Crippen LogP contribution in [0.15, 0.2) is 28.9 Å². The first kappa shape index (κ1) is 18.9. The van der Waals surface area contributed by atoms with Crippen LogP contribution in [0.4, 0.5) is 8.78 Å². The summed E-state index contributed by atoms with van der Waals surface area (Å²) in [6.07, 6.45) is 1.68. The van der Waals surface area contributed by atoms with Gasteiger partial charge in [0, 0.05) is 37.6 Å². The van der Waals surface area contributed by atoms with E-state index in [9.17, 15) is 18.4 Å². The van der Waals surface area contributed by atoms with Gasteiger partial charge in [-0.15, -0.1) is 0 Å². The summed E-state index contributed by atoms with van der Waals surface area (Å²) in [5.74, 6) is -2.68. The van der Waals surface area contributed by atoms with Crippen molar-refractivity contribution in [2.45, 2.75) is 32.3 Å². The topological polar surface area (TPSA) is 80.0 Å². The molecule has 0 atom stereocenters. The fourth-order valence-electron chi connectivity index (χ4n) is 3.14. The number of ether oxygens (including phenoxy) is 1. The van der Waals surface area contributed by atoms with Gasteiger partial charge >= 0.3 is 5.97 Å². The summed E-state index contributed by atoms with van der Waals surface area (Å²) in [7, 11) is 0. The number of carbonyl (C=O) groups excluding carboxylic acids is 1. The van der Waals surface area contributed by atoms with Crippen LogP contribution in [0.2, 0.25) is 0 Å². The predicted molar refractivity (Wildman–Crippen MR) is 90.7 cm³/mol. The third-order valence-electron chi connectivity index (χ3n) is 4.49. The molecule has 1 aliphatic heterocycles. The van der Waals surface area contributed by atoms with E-state index in [1.54, 1.807) is 11.8 Å². The smallest absolute Gasteiger partial charge is 0.311 e. The van der Waals surface area contributed by atoms with Gasteiger partial charge in [-0.2, -0.15) is 0 Å². The number of benzene rings is 1. The van der Waals surface area contributed by atoms with Gasteiger partial charge in [0.1, 0.15) is 24.1 Å². The summed E-state index contributed by atoms with van der Waals surface area (Å²) in [6.45, 7) is 2.45. The van der Waals surface area contributed by atoms with Gasteiger partial charge in [0.15, 0.2) is 11.6 Å². The molecule has 6 nitrogen and oxygen atoms in total. The maximum Gasteiger partial charge on any atom is 0.311 e. The van der Waals surface area contributed by atoms with Crippen LogP contribution in [0.5, 0.6) is 5.75 Å². The van der Waals surface area contributed by atoms with Crippen LogP contribution in [0.1, 0.15) is 34.5 Å². The van der Waals surface area contributed by atoms with Gasteiger partial charge in [-0.3, -0.25) is 9.59 Å². The zero-order chi connectivity index (χ0) is 19.6. The number of furan rings is 1. The molecule has 2 heterocycles. The van der Waals surface area contributed by atoms with E-state index in [-0.39, 0.29) is 35.5 Å². The molecule has 1 fully saturated rings. The second-order valence-corrected chi connectivity index (χ2v) is 6.47. The first-order chi connectivity index (χ1) is 12.8. The van der Waals surface area contributed by atoms with Gasteiger partial charge in [-0.1, -0.05) is 0 Å². The molecule has 1 saturated heterocycles. The van der Waals surface area contributed by atoms with Gasteiger partial charge in [0.25, 0.3) is 5.91 Å². The monoisotopic (exact) mass is 379 g/mol. The Morgan fingerprint density at radius 3 is 2.63 bits per heavy atom. The Morgan fingerprint density at radius 2 is 2.00 bits per heavy atom. The van der Waals surface area contributed by atoms with E-state index < -0.39 is 17.6 Å². The van der Waals surface area contributed by atoms with Crippen LogP contribution in [0.25, 0.3) is 0 Å². The van der Waals surface area contributed by atoms with E-state index in [0.717, 1.165) is 12.1 Å². The minimum atomic E-state index is -1.08. The first-order valence-electron chi connectivity index (χ1n) is 8.55. The fraction of sp³-hybridized carbons (Fsp3) is 0.368. The Kier molecular flexibility index (Phi) is 5.43. The Labute approximate surface area is 154 Å². The fourth-order valence-corrected chi connectivity index (χ4v) is 3.14. The summed E-state index contributed by atoms with van der Waals surface area (Å²) < 4.78 is 37.5. The van der Waals surface area contributed by atoms with E-state index >= 15 is 0 Å². The number of carboxylic acids is 1. The van der Waals surface area contributed by atoms with Crippen molar-refractivity contribution in [3.8, 4) is 5.75 Å². The minimum Gasteiger partial charge on any atom is -0.487 e. The minimum absolute atomic E-state index is 0.0180. The number of carboxylic acid groups (broad SMARTS) is 1. The largest absolute Gasteiger partial charge is 0.487 e. The van der Waals surface area contributed by atoms with Crippen molar-refractivity contribution < 1.29 is 32.6 Å². The van der Waals surface area contributed by atoms with Gasteiger partial charge in [0.2, 0.25) is 0 Å². The normalized spacial score (nSPS) is 15.0. The van der Waals surface area contributed by atoms with Gasteiger partial charge < -0.3 is 19.2 Å². The van der Waals surface area contributed by atoms with Crippen molar-refractivity contribution in [2.24, 2.45) is 0 Å². The number of piperidine rings is 1. The number of hydrogen-bond acceptors (Lipinski definition) is 4. The van der Waals surface area contributed by atoms with Crippen molar-refractivity contribution in [1.29, 1.82) is 0 Å². The van der Waals surface area contributed by atoms with E-state index in [1.807, 2.05) is 0 Å². The van der Waals surface area contributed by atoms with E-state index in [1.165, 1.54) is 12.3 Å². The highest BCUT2D eigenvalue weighted by molar-refractivity contribution is 5.97. The highest BCUT2D eigenvalue weighted by Crippen LogP contribution is 2.25. The second-order valence-electron chi connectivity index (χ2n) is 6.47. The average Bonchev–Trinajstić information content (AvgIpc) is 2.97. The lowest BCUT2D eigenvalue weighted by Crippen LogP contribution is -2.42. The molecule has 1 aromatic carbocycles. The summed E-state index contributed by atoms with van der Waals surface area (Å²) >= 11 is 0. The molecule has 1 aromatic heterocycles. The lowest BCUT2D eigenvalue weighted by molar-refractivity contribution is -0.136. The Morgan fingerprint density at radius 1 is 1.30 bits per heavy atom.